The number of nitrogens with zero attached hydrogens (tertiary/aromatic N) is 1. The van der Waals surface area contributed by atoms with Crippen molar-refractivity contribution in [2.45, 2.75) is 66.1 Å². The number of carbonyl (C=O) groups is 2. The van der Waals surface area contributed by atoms with Gasteiger partial charge in [0.05, 0.1) is 6.54 Å². The summed E-state index contributed by atoms with van der Waals surface area (Å²) in [6, 6.07) is 0. The molecule has 0 aromatic carbocycles. The Morgan fingerprint density at radius 2 is 1.52 bits per heavy atom. The van der Waals surface area contributed by atoms with Crippen molar-refractivity contribution >= 4 is 12.1 Å². The van der Waals surface area contributed by atoms with Gasteiger partial charge in [-0.15, -0.1) is 0 Å². The van der Waals surface area contributed by atoms with Gasteiger partial charge in [-0.3, -0.25) is 9.69 Å². The Labute approximate surface area is 152 Å². The Bertz CT molecular complexity index is 400. The highest BCUT2D eigenvalue weighted by Crippen LogP contribution is 2.08. The van der Waals surface area contributed by atoms with E-state index >= 15 is 0 Å². The van der Waals surface area contributed by atoms with Gasteiger partial charge < -0.3 is 20.1 Å². The number of ether oxygens (including phenoxy) is 2. The van der Waals surface area contributed by atoms with Crippen molar-refractivity contribution in [3.63, 3.8) is 0 Å². The fraction of sp³-hybridized carbons (Fsp3) is 0.889. The van der Waals surface area contributed by atoms with Crippen LogP contribution in [0, 0.1) is 0 Å². The van der Waals surface area contributed by atoms with Crippen molar-refractivity contribution in [2.75, 3.05) is 39.3 Å². The lowest BCUT2D eigenvalue weighted by Gasteiger charge is -2.25. The molecular formula is C18H37N3O4. The summed E-state index contributed by atoms with van der Waals surface area (Å²) in [6.45, 7) is 17.0. The average molecular weight is 360 g/mol. The Balaban J connectivity index is 4.26. The lowest BCUT2D eigenvalue weighted by atomic mass is 10.2. The van der Waals surface area contributed by atoms with E-state index in [1.165, 1.54) is 0 Å². The Hall–Kier alpha value is -1.34. The van der Waals surface area contributed by atoms with Crippen LogP contribution in [0.3, 0.4) is 0 Å². The van der Waals surface area contributed by atoms with Crippen LogP contribution in [0.5, 0.6) is 0 Å². The molecule has 7 nitrogen and oxygen atoms in total. The topological polar surface area (TPSA) is 79.9 Å². The summed E-state index contributed by atoms with van der Waals surface area (Å²) < 4.78 is 10.6. The van der Waals surface area contributed by atoms with E-state index in [0.29, 0.717) is 13.1 Å². The van der Waals surface area contributed by atoms with E-state index in [-0.39, 0.29) is 12.5 Å². The summed E-state index contributed by atoms with van der Waals surface area (Å²) in [6.07, 6.45) is 0.313. The highest BCUT2D eigenvalue weighted by molar-refractivity contribution is 5.72. The van der Waals surface area contributed by atoms with E-state index in [1.54, 1.807) is 0 Å². The van der Waals surface area contributed by atoms with Crippen molar-refractivity contribution in [3.05, 3.63) is 0 Å². The zero-order chi connectivity index (χ0) is 19.5. The molecule has 0 aliphatic carbocycles. The summed E-state index contributed by atoms with van der Waals surface area (Å²) in [5.74, 6) is -0.232. The molecule has 0 unspecified atom stereocenters. The van der Waals surface area contributed by atoms with Gasteiger partial charge in [0.25, 0.3) is 0 Å². The van der Waals surface area contributed by atoms with Gasteiger partial charge in [0, 0.05) is 26.2 Å². The molecule has 0 heterocycles. The van der Waals surface area contributed by atoms with Gasteiger partial charge in [-0.1, -0.05) is 6.92 Å². The molecule has 0 atom stereocenters. The maximum absolute atomic E-state index is 12.0. The molecule has 0 aromatic heterocycles. The Kier molecular flexibility index (Phi) is 10.7. The molecule has 0 bridgehead atoms. The normalized spacial score (nSPS) is 12.2. The van der Waals surface area contributed by atoms with E-state index in [1.807, 2.05) is 53.4 Å². The number of hydrogen-bond donors (Lipinski definition) is 2. The lowest BCUT2D eigenvalue weighted by molar-refractivity contribution is -0.156. The first kappa shape index (κ1) is 23.7. The zero-order valence-electron chi connectivity index (χ0n) is 17.0. The first-order valence-corrected chi connectivity index (χ1v) is 9.04. The van der Waals surface area contributed by atoms with Gasteiger partial charge in [-0.25, -0.2) is 4.79 Å². The van der Waals surface area contributed by atoms with Crippen LogP contribution >= 0.6 is 0 Å². The quantitative estimate of drug-likeness (QED) is 0.460. The van der Waals surface area contributed by atoms with Gasteiger partial charge >= 0.3 is 12.1 Å². The standard InChI is InChI=1S/C18H37N3O4/c1-8-19-11-13-21(14-15(22)24-17(2,3)4)12-9-10-20-16(23)25-18(5,6)7/h19H,8-14H2,1-7H3,(H,20,23). The number of likely N-dealkylation sites (N-methyl/N-ethyl adjacent to an activating group) is 1. The number of esters is 1. The van der Waals surface area contributed by atoms with Crippen LogP contribution in [0.15, 0.2) is 0 Å². The molecule has 7 heteroatoms. The van der Waals surface area contributed by atoms with Gasteiger partial charge in [0.15, 0.2) is 0 Å². The summed E-state index contributed by atoms with van der Waals surface area (Å²) >= 11 is 0. The lowest BCUT2D eigenvalue weighted by Crippen LogP contribution is -2.40. The van der Waals surface area contributed by atoms with Gasteiger partial charge in [0.2, 0.25) is 0 Å². The number of rotatable bonds is 10. The van der Waals surface area contributed by atoms with Crippen molar-refractivity contribution in [1.82, 2.24) is 15.5 Å². The molecule has 0 saturated heterocycles. The highest BCUT2D eigenvalue weighted by atomic mass is 16.6. The molecule has 0 rings (SSSR count). The summed E-state index contributed by atoms with van der Waals surface area (Å²) in [7, 11) is 0. The van der Waals surface area contributed by atoms with Crippen LogP contribution in [-0.2, 0) is 14.3 Å². The Morgan fingerprint density at radius 3 is 2.04 bits per heavy atom. The number of carbonyl (C=O) groups excluding carboxylic acids is 2. The molecular weight excluding hydrogens is 322 g/mol. The predicted molar refractivity (Wildman–Crippen MR) is 99.7 cm³/mol. The van der Waals surface area contributed by atoms with Crippen LogP contribution < -0.4 is 10.6 Å². The summed E-state index contributed by atoms with van der Waals surface area (Å²) in [5.41, 5.74) is -0.985. The van der Waals surface area contributed by atoms with E-state index in [4.69, 9.17) is 9.47 Å². The average Bonchev–Trinajstić information content (AvgIpc) is 2.39. The van der Waals surface area contributed by atoms with E-state index in [2.05, 4.69) is 10.6 Å². The molecule has 1 amide bonds. The summed E-state index contributed by atoms with van der Waals surface area (Å²) in [4.78, 5) is 25.7. The third-order valence-corrected chi connectivity index (χ3v) is 2.95. The SMILES string of the molecule is CCNCCN(CCCNC(=O)OC(C)(C)C)CC(=O)OC(C)(C)C. The molecule has 0 fully saturated rings. The van der Waals surface area contributed by atoms with Gasteiger partial charge in [-0.05, 0) is 54.5 Å². The van der Waals surface area contributed by atoms with Crippen LogP contribution in [0.25, 0.3) is 0 Å². The second-order valence-corrected chi connectivity index (χ2v) is 8.00. The molecule has 0 aliphatic heterocycles. The minimum absolute atomic E-state index is 0.232. The van der Waals surface area contributed by atoms with E-state index < -0.39 is 17.3 Å². The van der Waals surface area contributed by atoms with Crippen molar-refractivity contribution in [3.8, 4) is 0 Å². The molecule has 0 aromatic rings. The molecule has 0 radical (unpaired) electrons. The summed E-state index contributed by atoms with van der Waals surface area (Å²) in [5, 5.41) is 5.98. The largest absolute Gasteiger partial charge is 0.459 e. The molecule has 0 spiro atoms. The molecule has 0 aliphatic rings. The van der Waals surface area contributed by atoms with Gasteiger partial charge in [0.1, 0.15) is 11.2 Å². The third-order valence-electron chi connectivity index (χ3n) is 2.95. The van der Waals surface area contributed by atoms with Crippen LogP contribution in [0.1, 0.15) is 54.9 Å². The minimum atomic E-state index is -0.501. The number of hydrogen-bond acceptors (Lipinski definition) is 6. The van der Waals surface area contributed by atoms with Crippen LogP contribution in [-0.4, -0.2) is 67.4 Å². The highest BCUT2D eigenvalue weighted by Gasteiger charge is 2.19. The van der Waals surface area contributed by atoms with Crippen molar-refractivity contribution in [2.24, 2.45) is 0 Å². The first-order chi connectivity index (χ1) is 11.4. The fourth-order valence-corrected chi connectivity index (χ4v) is 2.05. The maximum atomic E-state index is 12.0. The Morgan fingerprint density at radius 1 is 0.920 bits per heavy atom. The van der Waals surface area contributed by atoms with E-state index in [9.17, 15) is 9.59 Å². The maximum Gasteiger partial charge on any atom is 0.407 e. The number of amides is 1. The van der Waals surface area contributed by atoms with E-state index in [0.717, 1.165) is 26.1 Å². The molecule has 148 valence electrons. The number of nitrogens with one attached hydrogen (secondary N) is 2. The fourth-order valence-electron chi connectivity index (χ4n) is 2.05. The van der Waals surface area contributed by atoms with Gasteiger partial charge in [-0.2, -0.15) is 0 Å². The molecule has 2 N–H and O–H groups in total. The minimum Gasteiger partial charge on any atom is -0.459 e. The first-order valence-electron chi connectivity index (χ1n) is 9.04. The van der Waals surface area contributed by atoms with Crippen LogP contribution in [0.2, 0.25) is 0 Å². The predicted octanol–water partition coefficient (Wildman–Crippen LogP) is 2.15. The zero-order valence-corrected chi connectivity index (χ0v) is 17.0. The second-order valence-electron chi connectivity index (χ2n) is 8.00. The number of alkyl carbamates (subject to hydrolysis) is 1. The molecule has 25 heavy (non-hydrogen) atoms. The molecule has 0 saturated carbocycles. The third kappa shape index (κ3) is 15.9. The smallest absolute Gasteiger partial charge is 0.407 e. The van der Waals surface area contributed by atoms with Crippen molar-refractivity contribution < 1.29 is 19.1 Å². The van der Waals surface area contributed by atoms with Crippen molar-refractivity contribution in [1.29, 1.82) is 0 Å². The van der Waals surface area contributed by atoms with Crippen LogP contribution in [0.4, 0.5) is 4.79 Å². The second kappa shape index (κ2) is 11.3. The monoisotopic (exact) mass is 359 g/mol.